The number of azide groups is 1. The number of aryl methyl sites for hydroxylation is 1. The number of aromatic nitrogens is 2. The highest BCUT2D eigenvalue weighted by Gasteiger charge is 2.13. The van der Waals surface area contributed by atoms with Crippen LogP contribution in [0.4, 0.5) is 0 Å². The predicted octanol–water partition coefficient (Wildman–Crippen LogP) is -0.500. The first kappa shape index (κ1) is 16.0. The van der Waals surface area contributed by atoms with Crippen LogP contribution in [0.3, 0.4) is 0 Å². The standard InChI is InChI=1S/C9H13N5O5S/c1-6-3-14(9(16)11-8(6)15)4-7(12-13-10)5-19-20(2,17)18/h3,7H,4-5H2,1-2H3,(H,11,15,16). The molecule has 20 heavy (non-hydrogen) atoms. The monoisotopic (exact) mass is 303 g/mol. The molecule has 0 radical (unpaired) electrons. The lowest BCUT2D eigenvalue weighted by molar-refractivity contribution is 0.280. The first-order valence-corrected chi connectivity index (χ1v) is 7.23. The number of rotatable bonds is 6. The highest BCUT2D eigenvalue weighted by molar-refractivity contribution is 7.85. The molecule has 0 aliphatic rings. The van der Waals surface area contributed by atoms with Crippen LogP contribution in [-0.4, -0.2) is 36.9 Å². The fourth-order valence-electron chi connectivity index (χ4n) is 1.38. The molecule has 1 aromatic rings. The predicted molar refractivity (Wildman–Crippen MR) is 69.8 cm³/mol. The maximum absolute atomic E-state index is 11.5. The third-order valence-electron chi connectivity index (χ3n) is 2.29. The Labute approximate surface area is 113 Å². The van der Waals surface area contributed by atoms with Gasteiger partial charge in [-0.05, 0) is 12.5 Å². The van der Waals surface area contributed by atoms with Crippen molar-refractivity contribution in [3.05, 3.63) is 43.0 Å². The lowest BCUT2D eigenvalue weighted by Crippen LogP contribution is -2.34. The second kappa shape index (κ2) is 6.37. The Bertz CT molecular complexity index is 743. The van der Waals surface area contributed by atoms with Crippen LogP contribution in [0.1, 0.15) is 5.56 Å². The summed E-state index contributed by atoms with van der Waals surface area (Å²) in [6.07, 6.45) is 2.15. The summed E-state index contributed by atoms with van der Waals surface area (Å²) in [4.78, 5) is 27.4. The summed E-state index contributed by atoms with van der Waals surface area (Å²) in [5, 5.41) is 3.36. The van der Waals surface area contributed by atoms with Crippen LogP contribution in [-0.2, 0) is 20.8 Å². The summed E-state index contributed by atoms with van der Waals surface area (Å²) in [6, 6.07) is -0.905. The third kappa shape index (κ3) is 4.88. The summed E-state index contributed by atoms with van der Waals surface area (Å²) >= 11 is 0. The zero-order valence-corrected chi connectivity index (χ0v) is 11.6. The Morgan fingerprint density at radius 3 is 2.75 bits per heavy atom. The lowest BCUT2D eigenvalue weighted by Gasteiger charge is -2.12. The summed E-state index contributed by atoms with van der Waals surface area (Å²) in [5.74, 6) is 0. The van der Waals surface area contributed by atoms with Crippen molar-refractivity contribution in [2.45, 2.75) is 19.5 Å². The van der Waals surface area contributed by atoms with Gasteiger partial charge < -0.3 is 0 Å². The molecule has 1 N–H and O–H groups in total. The van der Waals surface area contributed by atoms with Crippen molar-refractivity contribution in [2.24, 2.45) is 5.11 Å². The fraction of sp³-hybridized carbons (Fsp3) is 0.556. The van der Waals surface area contributed by atoms with Gasteiger partial charge in [0.05, 0.1) is 18.9 Å². The van der Waals surface area contributed by atoms with Crippen LogP contribution in [0.25, 0.3) is 10.4 Å². The minimum atomic E-state index is -3.68. The second-order valence-electron chi connectivity index (χ2n) is 4.07. The number of nitrogens with zero attached hydrogens (tertiary/aromatic N) is 4. The summed E-state index contributed by atoms with van der Waals surface area (Å²) in [7, 11) is -3.68. The first-order chi connectivity index (χ1) is 9.23. The third-order valence-corrected chi connectivity index (χ3v) is 2.85. The molecular weight excluding hydrogens is 290 g/mol. The molecule has 1 atom stereocenters. The normalized spacial score (nSPS) is 12.7. The van der Waals surface area contributed by atoms with Gasteiger partial charge in [-0.25, -0.2) is 4.79 Å². The number of aromatic amines is 1. The van der Waals surface area contributed by atoms with Crippen molar-refractivity contribution in [2.75, 3.05) is 12.9 Å². The van der Waals surface area contributed by atoms with E-state index in [9.17, 15) is 18.0 Å². The molecule has 1 heterocycles. The second-order valence-corrected chi connectivity index (χ2v) is 5.72. The van der Waals surface area contributed by atoms with Crippen LogP contribution in [0.15, 0.2) is 20.9 Å². The quantitative estimate of drug-likeness (QED) is 0.325. The molecule has 0 bridgehead atoms. The summed E-state index contributed by atoms with van der Waals surface area (Å²) in [6.45, 7) is 0.994. The molecule has 0 amide bonds. The maximum Gasteiger partial charge on any atom is 0.328 e. The number of H-pyrrole nitrogens is 1. The molecule has 0 saturated heterocycles. The van der Waals surface area contributed by atoms with Crippen molar-refractivity contribution in [1.82, 2.24) is 9.55 Å². The van der Waals surface area contributed by atoms with Gasteiger partial charge in [0.15, 0.2) is 0 Å². The minimum absolute atomic E-state index is 0.115. The lowest BCUT2D eigenvalue weighted by atomic mass is 10.3. The first-order valence-electron chi connectivity index (χ1n) is 5.42. The van der Waals surface area contributed by atoms with Crippen LogP contribution in [0.5, 0.6) is 0 Å². The van der Waals surface area contributed by atoms with E-state index in [-0.39, 0.29) is 6.54 Å². The van der Waals surface area contributed by atoms with E-state index in [0.29, 0.717) is 5.56 Å². The number of hydrogen-bond acceptors (Lipinski definition) is 6. The van der Waals surface area contributed by atoms with Crippen molar-refractivity contribution in [3.63, 3.8) is 0 Å². The van der Waals surface area contributed by atoms with Gasteiger partial charge in [0.25, 0.3) is 15.7 Å². The van der Waals surface area contributed by atoms with Gasteiger partial charge in [0.1, 0.15) is 0 Å². The molecule has 1 rings (SSSR count). The van der Waals surface area contributed by atoms with Gasteiger partial charge >= 0.3 is 5.69 Å². The van der Waals surface area contributed by atoms with Gasteiger partial charge in [0, 0.05) is 23.2 Å². The Hall–Kier alpha value is -2.10. The highest BCUT2D eigenvalue weighted by Crippen LogP contribution is 2.00. The minimum Gasteiger partial charge on any atom is -0.300 e. The van der Waals surface area contributed by atoms with Crippen molar-refractivity contribution in [3.8, 4) is 0 Å². The van der Waals surface area contributed by atoms with E-state index in [2.05, 4.69) is 19.2 Å². The maximum atomic E-state index is 11.5. The molecule has 110 valence electrons. The van der Waals surface area contributed by atoms with Gasteiger partial charge in [-0.2, -0.15) is 8.42 Å². The van der Waals surface area contributed by atoms with E-state index in [1.807, 2.05) is 0 Å². The van der Waals surface area contributed by atoms with E-state index >= 15 is 0 Å². The average Bonchev–Trinajstić information content (AvgIpc) is 2.32. The molecule has 11 heteroatoms. The topological polar surface area (TPSA) is 147 Å². The van der Waals surface area contributed by atoms with Gasteiger partial charge in [-0.3, -0.25) is 18.5 Å². The molecule has 0 aliphatic carbocycles. The van der Waals surface area contributed by atoms with Crippen molar-refractivity contribution >= 4 is 10.1 Å². The smallest absolute Gasteiger partial charge is 0.300 e. The Kier molecular flexibility index (Phi) is 5.08. The highest BCUT2D eigenvalue weighted by atomic mass is 32.2. The van der Waals surface area contributed by atoms with Gasteiger partial charge in [-0.15, -0.1) is 0 Å². The molecule has 1 aromatic heterocycles. The van der Waals surface area contributed by atoms with Gasteiger partial charge in [0.2, 0.25) is 0 Å². The van der Waals surface area contributed by atoms with Crippen LogP contribution in [0, 0.1) is 6.92 Å². The van der Waals surface area contributed by atoms with E-state index in [0.717, 1.165) is 10.8 Å². The Morgan fingerprint density at radius 2 is 2.20 bits per heavy atom. The van der Waals surface area contributed by atoms with E-state index in [1.54, 1.807) is 0 Å². The summed E-state index contributed by atoms with van der Waals surface area (Å²) < 4.78 is 27.4. The van der Waals surface area contributed by atoms with Crippen LogP contribution >= 0.6 is 0 Å². The van der Waals surface area contributed by atoms with Gasteiger partial charge in [-0.1, -0.05) is 5.11 Å². The van der Waals surface area contributed by atoms with Crippen LogP contribution in [0.2, 0.25) is 0 Å². The molecule has 0 saturated carbocycles. The van der Waals surface area contributed by atoms with Crippen LogP contribution < -0.4 is 11.2 Å². The number of hydrogen-bond donors (Lipinski definition) is 1. The molecule has 0 fully saturated rings. The van der Waals surface area contributed by atoms with Crippen molar-refractivity contribution in [1.29, 1.82) is 0 Å². The molecular formula is C9H13N5O5S. The molecule has 1 unspecified atom stereocenters. The Morgan fingerprint density at radius 1 is 1.55 bits per heavy atom. The van der Waals surface area contributed by atoms with E-state index < -0.39 is 34.0 Å². The fourth-order valence-corrected chi connectivity index (χ4v) is 1.78. The zero-order chi connectivity index (χ0) is 15.3. The van der Waals surface area contributed by atoms with Crippen molar-refractivity contribution < 1.29 is 12.6 Å². The average molecular weight is 303 g/mol. The van der Waals surface area contributed by atoms with E-state index in [1.165, 1.54) is 13.1 Å². The molecule has 0 aliphatic heterocycles. The number of nitrogens with one attached hydrogen (secondary N) is 1. The molecule has 10 nitrogen and oxygen atoms in total. The van der Waals surface area contributed by atoms with E-state index in [4.69, 9.17) is 5.53 Å². The molecule has 0 spiro atoms. The SMILES string of the molecule is Cc1cn(CC(COS(C)(=O)=O)N=[N+]=[N-])c(=O)[nH]c1=O. The zero-order valence-electron chi connectivity index (χ0n) is 10.8. The molecule has 0 aromatic carbocycles. The largest absolute Gasteiger partial charge is 0.328 e. The Balaban J connectivity index is 2.97. The summed E-state index contributed by atoms with van der Waals surface area (Å²) in [5.41, 5.74) is 7.52.